The molecule has 8 heteroatoms. The summed E-state index contributed by atoms with van der Waals surface area (Å²) in [5.41, 5.74) is 4.58. The molecule has 0 N–H and O–H groups in total. The molecule has 1 aliphatic rings. The van der Waals surface area contributed by atoms with Crippen molar-refractivity contribution in [3.05, 3.63) is 93.0 Å². The molecule has 0 saturated carbocycles. The van der Waals surface area contributed by atoms with E-state index < -0.39 is 4.92 Å². The molecule has 7 nitrogen and oxygen atoms in total. The molecule has 1 fully saturated rings. The second-order valence-electron chi connectivity index (χ2n) is 10.2. The van der Waals surface area contributed by atoms with Gasteiger partial charge < -0.3 is 18.8 Å². The number of non-ortho nitro benzene ring substituents is 1. The molecule has 1 saturated heterocycles. The highest BCUT2D eigenvalue weighted by atomic mass is 16.7. The number of nitrogens with zero attached hydrogens (tertiary/aromatic N) is 1. The predicted molar refractivity (Wildman–Crippen MR) is 140 cm³/mol. The van der Waals surface area contributed by atoms with Crippen LogP contribution in [-0.4, -0.2) is 23.2 Å². The monoisotopic (exact) mass is 489 g/mol. The molecule has 188 valence electrons. The van der Waals surface area contributed by atoms with Gasteiger partial charge in [0.15, 0.2) is 0 Å². The third kappa shape index (κ3) is 5.55. The van der Waals surface area contributed by atoms with Crippen LogP contribution in [0.2, 0.25) is 0 Å². The fraction of sp³-hybridized carbons (Fsp3) is 0.357. The lowest BCUT2D eigenvalue weighted by molar-refractivity contribution is -0.384. The molecule has 0 atom stereocenters. The maximum atomic E-state index is 10.8. The summed E-state index contributed by atoms with van der Waals surface area (Å²) in [6.07, 6.45) is 0. The summed E-state index contributed by atoms with van der Waals surface area (Å²) in [6.45, 7) is 13.1. The molecule has 3 aromatic carbocycles. The van der Waals surface area contributed by atoms with Crippen LogP contribution < -0.4 is 14.9 Å². The van der Waals surface area contributed by atoms with Gasteiger partial charge in [0.2, 0.25) is 0 Å². The Morgan fingerprint density at radius 3 is 1.81 bits per heavy atom. The summed E-state index contributed by atoms with van der Waals surface area (Å²) in [5, 5.41) is 10.8. The highest BCUT2D eigenvalue weighted by Crippen LogP contribution is 2.36. The zero-order valence-corrected chi connectivity index (χ0v) is 21.7. The van der Waals surface area contributed by atoms with Gasteiger partial charge in [0.1, 0.15) is 24.7 Å². The van der Waals surface area contributed by atoms with Crippen LogP contribution in [0.25, 0.3) is 0 Å². The van der Waals surface area contributed by atoms with Gasteiger partial charge in [-0.15, -0.1) is 0 Å². The second-order valence-corrected chi connectivity index (χ2v) is 10.2. The molecule has 0 radical (unpaired) electrons. The van der Waals surface area contributed by atoms with Gasteiger partial charge in [-0.2, -0.15) is 0 Å². The molecule has 1 heterocycles. The van der Waals surface area contributed by atoms with Crippen LogP contribution in [0.5, 0.6) is 11.5 Å². The average Bonchev–Trinajstić information content (AvgIpc) is 3.04. The van der Waals surface area contributed by atoms with Crippen LogP contribution in [0.4, 0.5) is 5.69 Å². The van der Waals surface area contributed by atoms with E-state index in [1.807, 2.05) is 31.2 Å². The topological polar surface area (TPSA) is 80.1 Å². The highest BCUT2D eigenvalue weighted by Gasteiger charge is 2.51. The van der Waals surface area contributed by atoms with E-state index in [1.165, 1.54) is 12.1 Å². The van der Waals surface area contributed by atoms with Gasteiger partial charge in [0.25, 0.3) is 5.69 Å². The largest absolute Gasteiger partial charge is 0.494 e. The summed E-state index contributed by atoms with van der Waals surface area (Å²) in [5.74, 6) is 1.36. The van der Waals surface area contributed by atoms with Crippen molar-refractivity contribution in [2.24, 2.45) is 0 Å². The Bertz CT molecular complexity index is 1240. The van der Waals surface area contributed by atoms with Gasteiger partial charge in [0, 0.05) is 12.1 Å². The van der Waals surface area contributed by atoms with E-state index in [9.17, 15) is 10.1 Å². The standard InChI is InChI=1S/C28H32BNO6/c1-19-15-23(29-35-27(3,4)28(5,6)36-29)9-7-21(19)18-34-26-12-8-22(20(2)16-26)17-33-25-13-10-24(11-14-25)30(31)32/h7-16H,17-18H2,1-6H3. The number of rotatable bonds is 8. The number of aryl methyl sites for hydroxylation is 2. The maximum Gasteiger partial charge on any atom is 0.494 e. The van der Waals surface area contributed by atoms with Crippen molar-refractivity contribution in [2.75, 3.05) is 0 Å². The van der Waals surface area contributed by atoms with E-state index >= 15 is 0 Å². The second kappa shape index (κ2) is 9.95. The summed E-state index contributed by atoms with van der Waals surface area (Å²) in [6, 6.07) is 18.2. The lowest BCUT2D eigenvalue weighted by atomic mass is 9.78. The fourth-order valence-corrected chi connectivity index (χ4v) is 3.91. The van der Waals surface area contributed by atoms with Crippen LogP contribution in [0, 0.1) is 24.0 Å². The number of hydrogen-bond donors (Lipinski definition) is 0. The smallest absolute Gasteiger partial charge is 0.489 e. The molecule has 0 spiro atoms. The lowest BCUT2D eigenvalue weighted by Gasteiger charge is -2.32. The first-order valence-corrected chi connectivity index (χ1v) is 12.0. The summed E-state index contributed by atoms with van der Waals surface area (Å²) >= 11 is 0. The summed E-state index contributed by atoms with van der Waals surface area (Å²) in [4.78, 5) is 10.4. The van der Waals surface area contributed by atoms with E-state index in [2.05, 4.69) is 46.8 Å². The number of benzene rings is 3. The Morgan fingerprint density at radius 2 is 1.28 bits per heavy atom. The van der Waals surface area contributed by atoms with Gasteiger partial charge in [-0.25, -0.2) is 0 Å². The third-order valence-corrected chi connectivity index (χ3v) is 7.04. The zero-order chi connectivity index (χ0) is 26.1. The molecule has 36 heavy (non-hydrogen) atoms. The van der Waals surface area contributed by atoms with Crippen LogP contribution in [0.15, 0.2) is 60.7 Å². The quantitative estimate of drug-likeness (QED) is 0.231. The van der Waals surface area contributed by atoms with E-state index in [-0.39, 0.29) is 24.0 Å². The molecule has 4 rings (SSSR count). The van der Waals surface area contributed by atoms with Gasteiger partial charge in [-0.3, -0.25) is 10.1 Å². The van der Waals surface area contributed by atoms with Crippen molar-refractivity contribution in [1.82, 2.24) is 0 Å². The molecule has 0 aromatic heterocycles. The van der Waals surface area contributed by atoms with Crippen LogP contribution in [0.1, 0.15) is 49.9 Å². The highest BCUT2D eigenvalue weighted by molar-refractivity contribution is 6.62. The molecule has 1 aliphatic heterocycles. The zero-order valence-electron chi connectivity index (χ0n) is 21.7. The minimum atomic E-state index is -0.428. The van der Waals surface area contributed by atoms with Gasteiger partial charge in [-0.05, 0) is 93.5 Å². The average molecular weight is 489 g/mol. The van der Waals surface area contributed by atoms with Crippen molar-refractivity contribution < 1.29 is 23.7 Å². The fourth-order valence-electron chi connectivity index (χ4n) is 3.91. The first-order chi connectivity index (χ1) is 16.9. The molecule has 0 unspecified atom stereocenters. The van der Waals surface area contributed by atoms with E-state index in [0.717, 1.165) is 33.5 Å². The van der Waals surface area contributed by atoms with E-state index in [0.29, 0.717) is 19.0 Å². The molecular formula is C28H32BNO6. The maximum absolute atomic E-state index is 10.8. The van der Waals surface area contributed by atoms with Crippen molar-refractivity contribution in [2.45, 2.75) is 66.0 Å². The predicted octanol–water partition coefficient (Wildman–Crippen LogP) is 5.67. The van der Waals surface area contributed by atoms with Gasteiger partial charge >= 0.3 is 7.12 Å². The Hall–Kier alpha value is -3.36. The third-order valence-electron chi connectivity index (χ3n) is 7.04. The van der Waals surface area contributed by atoms with Crippen LogP contribution in [0.3, 0.4) is 0 Å². The molecule has 0 aliphatic carbocycles. The molecule has 0 amide bonds. The van der Waals surface area contributed by atoms with Crippen molar-refractivity contribution in [3.8, 4) is 11.5 Å². The molecule has 3 aromatic rings. The van der Waals surface area contributed by atoms with Gasteiger partial charge in [0.05, 0.1) is 16.1 Å². The summed E-state index contributed by atoms with van der Waals surface area (Å²) < 4.78 is 24.2. The van der Waals surface area contributed by atoms with Crippen molar-refractivity contribution in [1.29, 1.82) is 0 Å². The number of nitro groups is 1. The Balaban J connectivity index is 1.34. The first-order valence-electron chi connectivity index (χ1n) is 12.0. The normalized spacial score (nSPS) is 16.1. The summed E-state index contributed by atoms with van der Waals surface area (Å²) in [7, 11) is -0.382. The van der Waals surface area contributed by atoms with Crippen molar-refractivity contribution >= 4 is 18.3 Å². The SMILES string of the molecule is Cc1cc(OCc2ccc(B3OC(C)(C)C(C)(C)O3)cc2C)ccc1COc1ccc([N+](=O)[O-])cc1. The van der Waals surface area contributed by atoms with Gasteiger partial charge in [-0.1, -0.05) is 24.3 Å². The van der Waals surface area contributed by atoms with Crippen molar-refractivity contribution in [3.63, 3.8) is 0 Å². The van der Waals surface area contributed by atoms with E-state index in [4.69, 9.17) is 18.8 Å². The van der Waals surface area contributed by atoms with Crippen LogP contribution in [-0.2, 0) is 22.5 Å². The lowest BCUT2D eigenvalue weighted by Crippen LogP contribution is -2.41. The minimum Gasteiger partial charge on any atom is -0.489 e. The van der Waals surface area contributed by atoms with Crippen LogP contribution >= 0.6 is 0 Å². The molecule has 0 bridgehead atoms. The molecular weight excluding hydrogens is 457 g/mol. The number of hydrogen-bond acceptors (Lipinski definition) is 6. The Morgan fingerprint density at radius 1 is 0.778 bits per heavy atom. The van der Waals surface area contributed by atoms with E-state index in [1.54, 1.807) is 12.1 Å². The number of nitro benzene ring substituents is 1. The Labute approximate surface area is 212 Å². The Kier molecular flexibility index (Phi) is 7.11. The minimum absolute atomic E-state index is 0.0398. The number of ether oxygens (including phenoxy) is 2. The first kappa shape index (κ1) is 25.7.